The summed E-state index contributed by atoms with van der Waals surface area (Å²) in [5.41, 5.74) is -0.698. The van der Waals surface area contributed by atoms with Gasteiger partial charge in [0.25, 0.3) is 0 Å². The summed E-state index contributed by atoms with van der Waals surface area (Å²) < 4.78 is 12.6. The molecule has 0 saturated heterocycles. The van der Waals surface area contributed by atoms with E-state index in [2.05, 4.69) is 0 Å². The first-order valence-corrected chi connectivity index (χ1v) is 4.19. The molecule has 1 rings (SSSR count). The van der Waals surface area contributed by atoms with Crippen LogP contribution in [-0.2, 0) is 0 Å². The Kier molecular flexibility index (Phi) is 2.66. The Bertz CT molecular complexity index is 387. The van der Waals surface area contributed by atoms with Crippen LogP contribution in [0.3, 0.4) is 0 Å². The number of nitrogens with zero attached hydrogens (tertiary/aromatic N) is 1. The first-order chi connectivity index (χ1) is 6.47. The van der Waals surface area contributed by atoms with Crippen LogP contribution in [0.25, 0.3) is 0 Å². The topological polar surface area (TPSA) is 40.9 Å². The Morgan fingerprint density at radius 2 is 1.86 bits per heavy atom. The van der Waals surface area contributed by atoms with Gasteiger partial charge in [0.15, 0.2) is 5.78 Å². The molecule has 0 radical (unpaired) electrons. The number of hydrogen-bond acceptors (Lipinski definition) is 2. The number of carbonyl (C=O) groups is 1. The molecule has 0 aromatic heterocycles. The summed E-state index contributed by atoms with van der Waals surface area (Å²) in [6.07, 6.45) is 0. The summed E-state index contributed by atoms with van der Waals surface area (Å²) in [6.45, 7) is 3.08. The van der Waals surface area contributed by atoms with E-state index in [-0.39, 0.29) is 5.78 Å². The highest BCUT2D eigenvalue weighted by atomic mass is 19.1. The minimum absolute atomic E-state index is 0.292. The molecule has 0 N–H and O–H groups in total. The third kappa shape index (κ3) is 1.97. The molecule has 2 nitrogen and oxygen atoms in total. The van der Waals surface area contributed by atoms with E-state index in [0.717, 1.165) is 0 Å². The van der Waals surface area contributed by atoms with E-state index in [9.17, 15) is 9.18 Å². The van der Waals surface area contributed by atoms with E-state index < -0.39 is 11.2 Å². The van der Waals surface area contributed by atoms with Gasteiger partial charge in [-0.3, -0.25) is 4.79 Å². The lowest BCUT2D eigenvalue weighted by atomic mass is 9.86. The van der Waals surface area contributed by atoms with Gasteiger partial charge >= 0.3 is 0 Å². The second-order valence-corrected chi connectivity index (χ2v) is 3.57. The van der Waals surface area contributed by atoms with Crippen molar-refractivity contribution in [3.8, 4) is 6.07 Å². The number of carbonyl (C=O) groups excluding carboxylic acids is 1. The Morgan fingerprint density at radius 1 is 1.36 bits per heavy atom. The Morgan fingerprint density at radius 3 is 2.29 bits per heavy atom. The molecule has 1 aromatic rings. The van der Waals surface area contributed by atoms with Gasteiger partial charge in [0, 0.05) is 5.56 Å². The molecule has 0 bridgehead atoms. The molecule has 0 unspecified atom stereocenters. The molecule has 3 heteroatoms. The fourth-order valence-electron chi connectivity index (χ4n) is 1.01. The summed E-state index contributed by atoms with van der Waals surface area (Å²) in [6, 6.07) is 7.10. The summed E-state index contributed by atoms with van der Waals surface area (Å²) in [5, 5.41) is 8.74. The van der Waals surface area contributed by atoms with Gasteiger partial charge in [0.1, 0.15) is 11.2 Å². The van der Waals surface area contributed by atoms with E-state index in [1.165, 1.54) is 24.3 Å². The molecule has 0 spiro atoms. The first-order valence-electron chi connectivity index (χ1n) is 4.19. The van der Waals surface area contributed by atoms with Crippen molar-refractivity contribution >= 4 is 5.78 Å². The Hall–Kier alpha value is -1.69. The highest BCUT2D eigenvalue weighted by molar-refractivity contribution is 6.01. The van der Waals surface area contributed by atoms with Crippen LogP contribution in [-0.4, -0.2) is 5.78 Å². The lowest BCUT2D eigenvalue weighted by Gasteiger charge is -2.12. The highest BCUT2D eigenvalue weighted by Gasteiger charge is 2.28. The van der Waals surface area contributed by atoms with Crippen molar-refractivity contribution in [3.05, 3.63) is 35.6 Å². The molecular weight excluding hydrogens is 181 g/mol. The molecule has 0 aliphatic rings. The van der Waals surface area contributed by atoms with Crippen molar-refractivity contribution in [2.75, 3.05) is 0 Å². The quantitative estimate of drug-likeness (QED) is 0.674. The highest BCUT2D eigenvalue weighted by Crippen LogP contribution is 2.20. The van der Waals surface area contributed by atoms with Gasteiger partial charge in [0.05, 0.1) is 6.07 Å². The fourth-order valence-corrected chi connectivity index (χ4v) is 1.01. The van der Waals surface area contributed by atoms with Crippen molar-refractivity contribution in [1.82, 2.24) is 0 Å². The van der Waals surface area contributed by atoms with Gasteiger partial charge in [-0.2, -0.15) is 5.26 Å². The minimum atomic E-state index is -1.06. The van der Waals surface area contributed by atoms with Crippen LogP contribution < -0.4 is 0 Å². The van der Waals surface area contributed by atoms with Crippen LogP contribution in [0.1, 0.15) is 24.2 Å². The summed E-state index contributed by atoms with van der Waals surface area (Å²) in [5.74, 6) is -0.684. The molecule has 0 aliphatic heterocycles. The predicted octanol–water partition coefficient (Wildman–Crippen LogP) is 2.56. The van der Waals surface area contributed by atoms with Gasteiger partial charge in [-0.05, 0) is 38.1 Å². The van der Waals surface area contributed by atoms with Gasteiger partial charge in [-0.1, -0.05) is 0 Å². The smallest absolute Gasteiger partial charge is 0.182 e. The SMILES string of the molecule is CC(C)(C#N)C(=O)c1ccc(F)cc1. The second kappa shape index (κ2) is 3.59. The zero-order chi connectivity index (χ0) is 10.8. The minimum Gasteiger partial charge on any atom is -0.292 e. The van der Waals surface area contributed by atoms with Crippen LogP contribution in [0, 0.1) is 22.6 Å². The normalized spacial score (nSPS) is 10.7. The summed E-state index contributed by atoms with van der Waals surface area (Å²) >= 11 is 0. The predicted molar refractivity (Wildman–Crippen MR) is 50.1 cm³/mol. The Labute approximate surface area is 82.0 Å². The molecule has 0 heterocycles. The van der Waals surface area contributed by atoms with E-state index in [0.29, 0.717) is 5.56 Å². The van der Waals surface area contributed by atoms with Gasteiger partial charge in [0.2, 0.25) is 0 Å². The molecule has 1 aromatic carbocycles. The lowest BCUT2D eigenvalue weighted by Crippen LogP contribution is -2.22. The van der Waals surface area contributed by atoms with Gasteiger partial charge in [-0.25, -0.2) is 4.39 Å². The number of halogens is 1. The third-order valence-corrected chi connectivity index (χ3v) is 1.95. The zero-order valence-corrected chi connectivity index (χ0v) is 8.04. The van der Waals surface area contributed by atoms with E-state index in [4.69, 9.17) is 5.26 Å². The number of nitriles is 1. The fraction of sp³-hybridized carbons (Fsp3) is 0.273. The number of rotatable bonds is 2. The standard InChI is InChI=1S/C11H10FNO/c1-11(2,7-13)10(14)8-3-5-9(12)6-4-8/h3-6H,1-2H3. The van der Waals surface area contributed by atoms with Gasteiger partial charge in [-0.15, -0.1) is 0 Å². The van der Waals surface area contributed by atoms with Crippen LogP contribution >= 0.6 is 0 Å². The van der Waals surface area contributed by atoms with Crippen molar-refractivity contribution in [2.24, 2.45) is 5.41 Å². The lowest BCUT2D eigenvalue weighted by molar-refractivity contribution is 0.0892. The molecule has 14 heavy (non-hydrogen) atoms. The largest absolute Gasteiger partial charge is 0.292 e. The van der Waals surface area contributed by atoms with Crippen molar-refractivity contribution < 1.29 is 9.18 Å². The molecule has 0 fully saturated rings. The summed E-state index contributed by atoms with van der Waals surface area (Å²) in [7, 11) is 0. The number of benzene rings is 1. The molecular formula is C11H10FNO. The molecule has 0 saturated carbocycles. The maximum Gasteiger partial charge on any atom is 0.182 e. The van der Waals surface area contributed by atoms with E-state index in [1.807, 2.05) is 6.07 Å². The average Bonchev–Trinajstić information content (AvgIpc) is 2.18. The maximum absolute atomic E-state index is 12.6. The molecule has 0 amide bonds. The van der Waals surface area contributed by atoms with Crippen LogP contribution in [0.4, 0.5) is 4.39 Å². The maximum atomic E-state index is 12.6. The number of Topliss-reactive ketones (excluding diaryl/α,β-unsaturated/α-hetero) is 1. The Balaban J connectivity index is 3.03. The van der Waals surface area contributed by atoms with Crippen molar-refractivity contribution in [2.45, 2.75) is 13.8 Å². The number of hydrogen-bond donors (Lipinski definition) is 0. The van der Waals surface area contributed by atoms with E-state index in [1.54, 1.807) is 13.8 Å². The first kappa shape index (κ1) is 10.4. The van der Waals surface area contributed by atoms with Crippen molar-refractivity contribution in [1.29, 1.82) is 5.26 Å². The van der Waals surface area contributed by atoms with Crippen molar-refractivity contribution in [3.63, 3.8) is 0 Å². The average molecular weight is 191 g/mol. The molecule has 72 valence electrons. The van der Waals surface area contributed by atoms with Crippen LogP contribution in [0.15, 0.2) is 24.3 Å². The monoisotopic (exact) mass is 191 g/mol. The molecule has 0 aliphatic carbocycles. The van der Waals surface area contributed by atoms with Crippen LogP contribution in [0.2, 0.25) is 0 Å². The second-order valence-electron chi connectivity index (χ2n) is 3.57. The van der Waals surface area contributed by atoms with Crippen LogP contribution in [0.5, 0.6) is 0 Å². The zero-order valence-electron chi connectivity index (χ0n) is 8.04. The number of ketones is 1. The van der Waals surface area contributed by atoms with Gasteiger partial charge < -0.3 is 0 Å². The molecule has 0 atom stereocenters. The third-order valence-electron chi connectivity index (χ3n) is 1.95. The van der Waals surface area contributed by atoms with E-state index >= 15 is 0 Å². The summed E-state index contributed by atoms with van der Waals surface area (Å²) in [4.78, 5) is 11.7.